The molecule has 78 valence electrons. The van der Waals surface area contributed by atoms with Crippen molar-refractivity contribution in [2.75, 3.05) is 26.7 Å². The molecule has 0 amide bonds. The van der Waals surface area contributed by atoms with Crippen molar-refractivity contribution in [3.63, 3.8) is 0 Å². The van der Waals surface area contributed by atoms with Gasteiger partial charge in [-0.05, 0) is 13.3 Å². The Kier molecular flexibility index (Phi) is 3.36. The zero-order valence-corrected chi connectivity index (χ0v) is 9.34. The molecule has 0 aromatic heterocycles. The number of aliphatic hydroxyl groups is 1. The first-order chi connectivity index (χ1) is 6.04. The van der Waals surface area contributed by atoms with E-state index in [-0.39, 0.29) is 5.60 Å². The normalized spacial score (nSPS) is 39.7. The van der Waals surface area contributed by atoms with Gasteiger partial charge in [-0.1, -0.05) is 19.8 Å². The van der Waals surface area contributed by atoms with Crippen molar-refractivity contribution in [1.82, 2.24) is 0 Å². The third-order valence-electron chi connectivity index (χ3n) is 3.55. The maximum atomic E-state index is 10.3. The maximum absolute atomic E-state index is 10.3. The van der Waals surface area contributed by atoms with Crippen molar-refractivity contribution < 1.29 is 9.59 Å². The third-order valence-corrected chi connectivity index (χ3v) is 3.55. The van der Waals surface area contributed by atoms with Gasteiger partial charge in [0.25, 0.3) is 0 Å². The van der Waals surface area contributed by atoms with Gasteiger partial charge in [0.1, 0.15) is 12.1 Å². The van der Waals surface area contributed by atoms with Crippen molar-refractivity contribution in [3.8, 4) is 0 Å². The summed E-state index contributed by atoms with van der Waals surface area (Å²) in [6, 6.07) is 0. The largest absolute Gasteiger partial charge is 0.384 e. The predicted octanol–water partition coefficient (Wildman–Crippen LogP) is 1.78. The van der Waals surface area contributed by atoms with E-state index in [0.29, 0.717) is 0 Å². The van der Waals surface area contributed by atoms with Crippen LogP contribution in [0.3, 0.4) is 0 Å². The first-order valence-corrected chi connectivity index (χ1v) is 5.59. The van der Waals surface area contributed by atoms with Crippen LogP contribution in [0, 0.1) is 0 Å². The Balaban J connectivity index is 2.46. The molecule has 0 bridgehead atoms. The standard InChI is InChI=1S/C11H24NO/c1-4-6-7-11(13)8-9-12(3,5-2)10-11/h13H,4-10H2,1-3H3/q+1. The summed E-state index contributed by atoms with van der Waals surface area (Å²) < 4.78 is 1.06. The molecule has 1 aliphatic rings. The van der Waals surface area contributed by atoms with E-state index in [1.54, 1.807) is 0 Å². The van der Waals surface area contributed by atoms with Gasteiger partial charge < -0.3 is 9.59 Å². The van der Waals surface area contributed by atoms with E-state index in [1.807, 2.05) is 0 Å². The smallest absolute Gasteiger partial charge is 0.119 e. The van der Waals surface area contributed by atoms with Crippen LogP contribution in [0.2, 0.25) is 0 Å². The number of hydrogen-bond donors (Lipinski definition) is 1. The Bertz CT molecular complexity index is 167. The average molecular weight is 186 g/mol. The Hall–Kier alpha value is -0.0800. The summed E-state index contributed by atoms with van der Waals surface area (Å²) >= 11 is 0. The van der Waals surface area contributed by atoms with Crippen LogP contribution in [0.15, 0.2) is 0 Å². The molecule has 0 saturated carbocycles. The summed E-state index contributed by atoms with van der Waals surface area (Å²) in [6.45, 7) is 7.66. The molecule has 0 aromatic rings. The lowest BCUT2D eigenvalue weighted by atomic mass is 9.96. The van der Waals surface area contributed by atoms with E-state index in [1.165, 1.54) is 12.8 Å². The Morgan fingerprint density at radius 3 is 2.54 bits per heavy atom. The summed E-state index contributed by atoms with van der Waals surface area (Å²) in [6.07, 6.45) is 4.35. The zero-order chi connectivity index (χ0) is 9.95. The zero-order valence-electron chi connectivity index (χ0n) is 9.34. The van der Waals surface area contributed by atoms with Crippen LogP contribution in [-0.2, 0) is 0 Å². The molecule has 1 aliphatic heterocycles. The highest BCUT2D eigenvalue weighted by Gasteiger charge is 2.43. The van der Waals surface area contributed by atoms with E-state index >= 15 is 0 Å². The average Bonchev–Trinajstić information content (AvgIpc) is 2.41. The summed E-state index contributed by atoms with van der Waals surface area (Å²) in [5, 5.41) is 10.3. The van der Waals surface area contributed by atoms with Gasteiger partial charge in [-0.3, -0.25) is 0 Å². The van der Waals surface area contributed by atoms with Crippen molar-refractivity contribution in [2.24, 2.45) is 0 Å². The van der Waals surface area contributed by atoms with Gasteiger partial charge in [0.2, 0.25) is 0 Å². The van der Waals surface area contributed by atoms with Crippen LogP contribution in [-0.4, -0.2) is 41.9 Å². The molecule has 1 heterocycles. The Morgan fingerprint density at radius 2 is 2.08 bits per heavy atom. The molecule has 2 heteroatoms. The summed E-state index contributed by atoms with van der Waals surface area (Å²) in [5.41, 5.74) is -0.346. The number of rotatable bonds is 4. The highest BCUT2D eigenvalue weighted by molar-refractivity contribution is 4.82. The van der Waals surface area contributed by atoms with Gasteiger partial charge >= 0.3 is 0 Å². The van der Waals surface area contributed by atoms with Crippen molar-refractivity contribution in [1.29, 1.82) is 0 Å². The lowest BCUT2D eigenvalue weighted by Crippen LogP contribution is -2.45. The lowest BCUT2D eigenvalue weighted by Gasteiger charge is -2.30. The molecule has 2 nitrogen and oxygen atoms in total. The summed E-state index contributed by atoms with van der Waals surface area (Å²) in [7, 11) is 2.25. The van der Waals surface area contributed by atoms with Gasteiger partial charge in [-0.15, -0.1) is 0 Å². The maximum Gasteiger partial charge on any atom is 0.119 e. The quantitative estimate of drug-likeness (QED) is 0.664. The highest BCUT2D eigenvalue weighted by Crippen LogP contribution is 2.30. The summed E-state index contributed by atoms with van der Waals surface area (Å²) in [5.74, 6) is 0. The number of hydrogen-bond acceptors (Lipinski definition) is 1. The minimum absolute atomic E-state index is 0.346. The molecular formula is C11H24NO+. The molecule has 0 aromatic carbocycles. The van der Waals surface area contributed by atoms with E-state index < -0.39 is 0 Å². The first-order valence-electron chi connectivity index (χ1n) is 5.59. The number of quaternary nitrogens is 1. The van der Waals surface area contributed by atoms with Gasteiger partial charge in [-0.25, -0.2) is 0 Å². The van der Waals surface area contributed by atoms with Crippen LogP contribution in [0.4, 0.5) is 0 Å². The molecule has 1 N–H and O–H groups in total. The first kappa shape index (κ1) is 11.0. The van der Waals surface area contributed by atoms with Gasteiger partial charge in [0.05, 0.1) is 20.1 Å². The minimum atomic E-state index is -0.346. The molecule has 0 aliphatic carbocycles. The Labute approximate surface area is 82.1 Å². The van der Waals surface area contributed by atoms with Gasteiger partial charge in [-0.2, -0.15) is 0 Å². The van der Waals surface area contributed by atoms with Crippen LogP contribution < -0.4 is 0 Å². The van der Waals surface area contributed by atoms with E-state index in [9.17, 15) is 5.11 Å². The fourth-order valence-electron chi connectivity index (χ4n) is 2.33. The molecule has 1 rings (SSSR count). The molecule has 1 saturated heterocycles. The molecule has 13 heavy (non-hydrogen) atoms. The monoisotopic (exact) mass is 186 g/mol. The van der Waals surface area contributed by atoms with E-state index in [4.69, 9.17) is 0 Å². The van der Waals surface area contributed by atoms with Crippen LogP contribution in [0.5, 0.6) is 0 Å². The summed E-state index contributed by atoms with van der Waals surface area (Å²) in [4.78, 5) is 0. The fourth-order valence-corrected chi connectivity index (χ4v) is 2.33. The minimum Gasteiger partial charge on any atom is -0.384 e. The molecule has 0 spiro atoms. The second kappa shape index (κ2) is 3.97. The molecule has 0 radical (unpaired) electrons. The molecular weight excluding hydrogens is 162 g/mol. The van der Waals surface area contributed by atoms with Crippen molar-refractivity contribution >= 4 is 0 Å². The predicted molar refractivity (Wildman–Crippen MR) is 55.6 cm³/mol. The molecule has 2 atom stereocenters. The number of likely N-dealkylation sites (N-methyl/N-ethyl adjacent to an activating group) is 1. The van der Waals surface area contributed by atoms with Crippen molar-refractivity contribution in [2.45, 2.75) is 45.1 Å². The van der Waals surface area contributed by atoms with Gasteiger partial charge in [0, 0.05) is 6.42 Å². The second-order valence-electron chi connectivity index (χ2n) is 4.90. The number of unbranched alkanes of at least 4 members (excludes halogenated alkanes) is 1. The lowest BCUT2D eigenvalue weighted by molar-refractivity contribution is -0.898. The van der Waals surface area contributed by atoms with Gasteiger partial charge in [0.15, 0.2) is 0 Å². The van der Waals surface area contributed by atoms with E-state index in [2.05, 4.69) is 20.9 Å². The SMILES string of the molecule is CCCCC1(O)CC[N+](C)(CC)C1. The van der Waals surface area contributed by atoms with Crippen LogP contribution in [0.1, 0.15) is 39.5 Å². The van der Waals surface area contributed by atoms with Crippen LogP contribution in [0.25, 0.3) is 0 Å². The second-order valence-corrected chi connectivity index (χ2v) is 4.90. The Morgan fingerprint density at radius 1 is 1.38 bits per heavy atom. The fraction of sp³-hybridized carbons (Fsp3) is 1.00. The third kappa shape index (κ3) is 2.68. The molecule has 1 fully saturated rings. The van der Waals surface area contributed by atoms with Crippen LogP contribution >= 0.6 is 0 Å². The number of nitrogens with zero attached hydrogens (tertiary/aromatic N) is 1. The molecule has 2 unspecified atom stereocenters. The highest BCUT2D eigenvalue weighted by atomic mass is 16.3. The topological polar surface area (TPSA) is 20.2 Å². The van der Waals surface area contributed by atoms with Crippen molar-refractivity contribution in [3.05, 3.63) is 0 Å². The van der Waals surface area contributed by atoms with E-state index in [0.717, 1.165) is 37.0 Å². The number of likely N-dealkylation sites (tertiary alicyclic amines) is 1.